The number of likely N-dealkylation sites (N-methyl/N-ethyl adjacent to an activating group) is 1. The van der Waals surface area contributed by atoms with Crippen LogP contribution < -0.4 is 4.90 Å². The molecule has 2 aromatic carbocycles. The van der Waals surface area contributed by atoms with E-state index in [4.69, 9.17) is 4.98 Å². The molecule has 0 aliphatic heterocycles. The van der Waals surface area contributed by atoms with Crippen LogP contribution in [0.5, 0.6) is 0 Å². The number of rotatable bonds is 7. The van der Waals surface area contributed by atoms with Crippen LogP contribution in [0.25, 0.3) is 10.2 Å². The molecule has 0 unspecified atom stereocenters. The maximum Gasteiger partial charge on any atom is 0.229 e. The Labute approximate surface area is 165 Å². The maximum atomic E-state index is 13.0. The summed E-state index contributed by atoms with van der Waals surface area (Å²) in [5, 5.41) is 0.804. The van der Waals surface area contributed by atoms with E-state index in [2.05, 4.69) is 43.0 Å². The molecule has 27 heavy (non-hydrogen) atoms. The van der Waals surface area contributed by atoms with Gasteiger partial charge in [0.2, 0.25) is 5.91 Å². The third-order valence-corrected chi connectivity index (χ3v) is 5.89. The molecule has 0 aliphatic carbocycles. The zero-order chi connectivity index (χ0) is 19.4. The molecule has 0 fully saturated rings. The molecule has 0 atom stereocenters. The Morgan fingerprint density at radius 2 is 1.78 bits per heavy atom. The summed E-state index contributed by atoms with van der Waals surface area (Å²) in [4.78, 5) is 21.8. The van der Waals surface area contributed by atoms with Crippen LogP contribution in [0.1, 0.15) is 23.1 Å². The molecule has 3 rings (SSSR count). The van der Waals surface area contributed by atoms with Gasteiger partial charge in [0.1, 0.15) is 0 Å². The highest BCUT2D eigenvalue weighted by atomic mass is 32.1. The van der Waals surface area contributed by atoms with Crippen LogP contribution in [0.3, 0.4) is 0 Å². The predicted molar refractivity (Wildman–Crippen MR) is 115 cm³/mol. The molecule has 5 heteroatoms. The van der Waals surface area contributed by atoms with Gasteiger partial charge in [0, 0.05) is 19.5 Å². The third-order valence-electron chi connectivity index (χ3n) is 4.85. The molecule has 0 spiro atoms. The lowest BCUT2D eigenvalue weighted by Crippen LogP contribution is -2.36. The standard InChI is InChI=1S/C22H27N3OS/c1-16-10-12-19-21(17(16)2)23-22(27-19)25(15-14-24(3)4)20(26)13-11-18-8-6-5-7-9-18/h5-10,12H,11,13-15H2,1-4H3. The maximum absolute atomic E-state index is 13.0. The van der Waals surface area contributed by atoms with Gasteiger partial charge in [0.15, 0.2) is 5.13 Å². The van der Waals surface area contributed by atoms with Crippen LogP contribution in [0.2, 0.25) is 0 Å². The van der Waals surface area contributed by atoms with Crippen LogP contribution in [0.15, 0.2) is 42.5 Å². The van der Waals surface area contributed by atoms with Crippen molar-refractivity contribution in [1.82, 2.24) is 9.88 Å². The predicted octanol–water partition coefficient (Wildman–Crippen LogP) is 4.44. The molecular formula is C22H27N3OS. The van der Waals surface area contributed by atoms with Crippen molar-refractivity contribution in [3.63, 3.8) is 0 Å². The molecule has 3 aromatic rings. The Kier molecular flexibility index (Phi) is 6.24. The summed E-state index contributed by atoms with van der Waals surface area (Å²) >= 11 is 1.61. The monoisotopic (exact) mass is 381 g/mol. The fraction of sp³-hybridized carbons (Fsp3) is 0.364. The van der Waals surface area contributed by atoms with Gasteiger partial charge >= 0.3 is 0 Å². The first kappa shape index (κ1) is 19.5. The van der Waals surface area contributed by atoms with E-state index in [0.717, 1.165) is 28.3 Å². The van der Waals surface area contributed by atoms with Gasteiger partial charge in [0.25, 0.3) is 0 Å². The summed E-state index contributed by atoms with van der Waals surface area (Å²) in [6.07, 6.45) is 1.24. The SMILES string of the molecule is Cc1ccc2sc(N(CCN(C)C)C(=O)CCc3ccccc3)nc2c1C. The zero-order valence-corrected chi connectivity index (χ0v) is 17.3. The van der Waals surface area contributed by atoms with E-state index in [1.165, 1.54) is 16.7 Å². The molecular weight excluding hydrogens is 354 g/mol. The van der Waals surface area contributed by atoms with Gasteiger partial charge in [-0.25, -0.2) is 4.98 Å². The molecule has 1 amide bonds. The van der Waals surface area contributed by atoms with Crippen molar-refractivity contribution in [2.24, 2.45) is 0 Å². The van der Waals surface area contributed by atoms with Gasteiger partial charge in [-0.1, -0.05) is 47.7 Å². The van der Waals surface area contributed by atoms with Gasteiger partial charge in [-0.2, -0.15) is 0 Å². The van der Waals surface area contributed by atoms with Gasteiger partial charge in [0.05, 0.1) is 10.2 Å². The minimum absolute atomic E-state index is 0.133. The van der Waals surface area contributed by atoms with E-state index >= 15 is 0 Å². The van der Waals surface area contributed by atoms with E-state index in [-0.39, 0.29) is 5.91 Å². The highest BCUT2D eigenvalue weighted by molar-refractivity contribution is 7.22. The fourth-order valence-corrected chi connectivity index (χ4v) is 4.06. The first-order valence-electron chi connectivity index (χ1n) is 9.31. The number of aromatic nitrogens is 1. The molecule has 0 saturated carbocycles. The van der Waals surface area contributed by atoms with Crippen molar-refractivity contribution in [3.8, 4) is 0 Å². The van der Waals surface area contributed by atoms with Crippen LogP contribution in [-0.2, 0) is 11.2 Å². The average Bonchev–Trinajstić information content (AvgIpc) is 3.08. The smallest absolute Gasteiger partial charge is 0.229 e. The Bertz CT molecular complexity index is 918. The molecule has 1 aromatic heterocycles. The van der Waals surface area contributed by atoms with Crippen LogP contribution in [0.4, 0.5) is 5.13 Å². The zero-order valence-electron chi connectivity index (χ0n) is 16.5. The molecule has 0 radical (unpaired) electrons. The second kappa shape index (κ2) is 8.63. The summed E-state index contributed by atoms with van der Waals surface area (Å²) < 4.78 is 1.14. The van der Waals surface area contributed by atoms with Crippen molar-refractivity contribution >= 4 is 32.6 Å². The highest BCUT2D eigenvalue weighted by Gasteiger charge is 2.20. The van der Waals surface area contributed by atoms with Gasteiger partial charge < -0.3 is 4.90 Å². The summed E-state index contributed by atoms with van der Waals surface area (Å²) in [6, 6.07) is 14.4. The Balaban J connectivity index is 1.84. The molecule has 0 aliphatic rings. The molecule has 0 saturated heterocycles. The number of anilines is 1. The van der Waals surface area contributed by atoms with Crippen molar-refractivity contribution < 1.29 is 4.79 Å². The van der Waals surface area contributed by atoms with E-state index in [9.17, 15) is 4.79 Å². The number of aryl methyl sites for hydroxylation is 3. The molecule has 1 heterocycles. The number of carbonyl (C=O) groups is 1. The lowest BCUT2D eigenvalue weighted by atomic mass is 10.1. The Morgan fingerprint density at radius 1 is 1.04 bits per heavy atom. The molecule has 4 nitrogen and oxygen atoms in total. The summed E-state index contributed by atoms with van der Waals surface area (Å²) in [7, 11) is 4.05. The fourth-order valence-electron chi connectivity index (χ4n) is 2.99. The third kappa shape index (κ3) is 4.73. The Hall–Kier alpha value is -2.24. The van der Waals surface area contributed by atoms with E-state index in [1.54, 1.807) is 11.3 Å². The van der Waals surface area contributed by atoms with Crippen LogP contribution >= 0.6 is 11.3 Å². The summed E-state index contributed by atoms with van der Waals surface area (Å²) in [5.41, 5.74) is 4.63. The molecule has 0 bridgehead atoms. The lowest BCUT2D eigenvalue weighted by Gasteiger charge is -2.22. The molecule has 0 N–H and O–H groups in total. The highest BCUT2D eigenvalue weighted by Crippen LogP contribution is 2.32. The second-order valence-corrected chi connectivity index (χ2v) is 8.19. The first-order valence-corrected chi connectivity index (χ1v) is 10.1. The number of hydrogen-bond acceptors (Lipinski definition) is 4. The average molecular weight is 382 g/mol. The number of nitrogens with zero attached hydrogens (tertiary/aromatic N) is 3. The number of benzene rings is 2. The topological polar surface area (TPSA) is 36.4 Å². The summed E-state index contributed by atoms with van der Waals surface area (Å²) in [6.45, 7) is 5.66. The Morgan fingerprint density at radius 3 is 2.48 bits per heavy atom. The van der Waals surface area contributed by atoms with E-state index in [1.807, 2.05) is 37.2 Å². The van der Waals surface area contributed by atoms with E-state index < -0.39 is 0 Å². The molecule has 142 valence electrons. The number of thiazole rings is 1. The number of hydrogen-bond donors (Lipinski definition) is 0. The normalized spacial score (nSPS) is 11.3. The van der Waals surface area contributed by atoms with Gasteiger partial charge in [-0.05, 0) is 57.1 Å². The minimum atomic E-state index is 0.133. The number of carbonyl (C=O) groups excluding carboxylic acids is 1. The largest absolute Gasteiger partial charge is 0.308 e. The second-order valence-electron chi connectivity index (χ2n) is 7.18. The quantitative estimate of drug-likeness (QED) is 0.607. The van der Waals surface area contributed by atoms with Crippen molar-refractivity contribution in [1.29, 1.82) is 0 Å². The van der Waals surface area contributed by atoms with Gasteiger partial charge in [-0.15, -0.1) is 0 Å². The van der Waals surface area contributed by atoms with Crippen LogP contribution in [0, 0.1) is 13.8 Å². The van der Waals surface area contributed by atoms with Crippen molar-refractivity contribution in [2.45, 2.75) is 26.7 Å². The minimum Gasteiger partial charge on any atom is -0.308 e. The van der Waals surface area contributed by atoms with Crippen LogP contribution in [-0.4, -0.2) is 43.0 Å². The van der Waals surface area contributed by atoms with Gasteiger partial charge in [-0.3, -0.25) is 9.69 Å². The first-order chi connectivity index (χ1) is 13.0. The number of amides is 1. The van der Waals surface area contributed by atoms with Crippen molar-refractivity contribution in [2.75, 3.05) is 32.1 Å². The van der Waals surface area contributed by atoms with E-state index in [0.29, 0.717) is 13.0 Å². The lowest BCUT2D eigenvalue weighted by molar-refractivity contribution is -0.118. The van der Waals surface area contributed by atoms with Crippen molar-refractivity contribution in [3.05, 3.63) is 59.2 Å². The summed E-state index contributed by atoms with van der Waals surface area (Å²) in [5.74, 6) is 0.133. The number of fused-ring (bicyclic) bond motifs is 1.